The largest absolute Gasteiger partial charge is 0.280 e. The van der Waals surface area contributed by atoms with Gasteiger partial charge in [0.05, 0.1) is 27.4 Å². The number of hydrogen-bond acceptors (Lipinski definition) is 4. The smallest absolute Gasteiger partial charge is 0.260 e. The number of carbonyl (C=O) groups is 1. The van der Waals surface area contributed by atoms with E-state index in [1.165, 1.54) is 11.3 Å². The van der Waals surface area contributed by atoms with Crippen LogP contribution in [0, 0.1) is 11.3 Å². The number of halogens is 2. The molecule has 0 aliphatic carbocycles. The zero-order chi connectivity index (χ0) is 19.4. The third kappa shape index (κ3) is 4.20. The van der Waals surface area contributed by atoms with E-state index in [1.54, 1.807) is 47.4 Å². The molecule has 27 heavy (non-hydrogen) atoms. The first kappa shape index (κ1) is 19.1. The van der Waals surface area contributed by atoms with Crippen molar-refractivity contribution in [2.75, 3.05) is 11.4 Å². The van der Waals surface area contributed by atoms with Crippen molar-refractivity contribution in [3.63, 3.8) is 0 Å². The van der Waals surface area contributed by atoms with Crippen molar-refractivity contribution in [1.82, 2.24) is 4.98 Å². The van der Waals surface area contributed by atoms with E-state index in [1.807, 2.05) is 17.5 Å². The van der Waals surface area contributed by atoms with Crippen LogP contribution < -0.4 is 4.90 Å². The van der Waals surface area contributed by atoms with Gasteiger partial charge in [-0.25, -0.2) is 4.98 Å². The highest BCUT2D eigenvalue weighted by atomic mass is 35.5. The summed E-state index contributed by atoms with van der Waals surface area (Å²) in [4.78, 5) is 19.0. The van der Waals surface area contributed by atoms with Gasteiger partial charge in [-0.15, -0.1) is 17.9 Å². The molecule has 1 amide bonds. The van der Waals surface area contributed by atoms with Gasteiger partial charge in [-0.3, -0.25) is 9.69 Å². The Bertz CT molecular complexity index is 1040. The summed E-state index contributed by atoms with van der Waals surface area (Å²) in [6.45, 7) is 4.04. The van der Waals surface area contributed by atoms with Gasteiger partial charge in [0.25, 0.3) is 5.91 Å². The SMILES string of the molecule is C=CCN(C(=O)c1ccc(C#N)cc1)c1nc(-c2ccc(Cl)c(Cl)c2)cs1. The molecule has 0 saturated heterocycles. The summed E-state index contributed by atoms with van der Waals surface area (Å²) < 4.78 is 0. The Kier molecular flexibility index (Phi) is 5.92. The predicted molar refractivity (Wildman–Crippen MR) is 111 cm³/mol. The summed E-state index contributed by atoms with van der Waals surface area (Å²) in [6, 6.07) is 13.8. The van der Waals surface area contributed by atoms with Crippen LogP contribution in [0.2, 0.25) is 10.0 Å². The fraction of sp³-hybridized carbons (Fsp3) is 0.0500. The van der Waals surface area contributed by atoms with Gasteiger partial charge in [0.15, 0.2) is 5.13 Å². The van der Waals surface area contributed by atoms with Crippen molar-refractivity contribution >= 4 is 45.6 Å². The highest BCUT2D eigenvalue weighted by Crippen LogP contribution is 2.32. The lowest BCUT2D eigenvalue weighted by molar-refractivity contribution is 0.0989. The van der Waals surface area contributed by atoms with E-state index >= 15 is 0 Å². The highest BCUT2D eigenvalue weighted by molar-refractivity contribution is 7.14. The van der Waals surface area contributed by atoms with Crippen LogP contribution in [0.4, 0.5) is 5.13 Å². The van der Waals surface area contributed by atoms with Gasteiger partial charge < -0.3 is 0 Å². The molecule has 0 fully saturated rings. The summed E-state index contributed by atoms with van der Waals surface area (Å²) in [5.74, 6) is -0.213. The first-order chi connectivity index (χ1) is 13.0. The minimum absolute atomic E-state index is 0.213. The van der Waals surface area contributed by atoms with Crippen molar-refractivity contribution in [1.29, 1.82) is 5.26 Å². The predicted octanol–water partition coefficient (Wildman–Crippen LogP) is 5.82. The van der Waals surface area contributed by atoms with Crippen molar-refractivity contribution < 1.29 is 4.79 Å². The van der Waals surface area contributed by atoms with Crippen LogP contribution >= 0.6 is 34.5 Å². The zero-order valence-corrected chi connectivity index (χ0v) is 16.4. The molecule has 1 aromatic heterocycles. The van der Waals surface area contributed by atoms with Gasteiger partial charge in [0, 0.05) is 23.1 Å². The van der Waals surface area contributed by atoms with Crippen LogP contribution in [0.1, 0.15) is 15.9 Å². The summed E-state index contributed by atoms with van der Waals surface area (Å²) in [6.07, 6.45) is 1.64. The van der Waals surface area contributed by atoms with Crippen molar-refractivity contribution in [2.45, 2.75) is 0 Å². The van der Waals surface area contributed by atoms with E-state index in [9.17, 15) is 4.79 Å². The first-order valence-corrected chi connectivity index (χ1v) is 9.51. The third-order valence-corrected chi connectivity index (χ3v) is 5.36. The maximum absolute atomic E-state index is 12.9. The van der Waals surface area contributed by atoms with Gasteiger partial charge in [0.2, 0.25) is 0 Å². The number of rotatable bonds is 5. The molecule has 0 radical (unpaired) electrons. The second-order valence-corrected chi connectivity index (χ2v) is 7.19. The molecule has 0 N–H and O–H groups in total. The molecule has 4 nitrogen and oxygen atoms in total. The van der Waals surface area contributed by atoms with E-state index in [0.29, 0.717) is 38.5 Å². The summed E-state index contributed by atoms with van der Waals surface area (Å²) in [7, 11) is 0. The van der Waals surface area contributed by atoms with Gasteiger partial charge in [-0.2, -0.15) is 5.26 Å². The third-order valence-electron chi connectivity index (χ3n) is 3.76. The van der Waals surface area contributed by atoms with Gasteiger partial charge in [0.1, 0.15) is 0 Å². The monoisotopic (exact) mass is 413 g/mol. The van der Waals surface area contributed by atoms with Crippen LogP contribution in [-0.4, -0.2) is 17.4 Å². The molecule has 0 saturated carbocycles. The lowest BCUT2D eigenvalue weighted by atomic mass is 10.1. The number of carbonyl (C=O) groups excluding carboxylic acids is 1. The zero-order valence-electron chi connectivity index (χ0n) is 14.0. The average molecular weight is 414 g/mol. The molecule has 0 unspecified atom stereocenters. The highest BCUT2D eigenvalue weighted by Gasteiger charge is 2.20. The number of aromatic nitrogens is 1. The minimum Gasteiger partial charge on any atom is -0.280 e. The topological polar surface area (TPSA) is 57.0 Å². The Morgan fingerprint density at radius 1 is 1.22 bits per heavy atom. The molecule has 0 aliphatic heterocycles. The molecule has 2 aromatic carbocycles. The Morgan fingerprint density at radius 3 is 2.59 bits per heavy atom. The summed E-state index contributed by atoms with van der Waals surface area (Å²) in [5, 5.41) is 12.2. The van der Waals surface area contributed by atoms with Gasteiger partial charge in [-0.1, -0.05) is 35.3 Å². The van der Waals surface area contributed by atoms with Gasteiger partial charge >= 0.3 is 0 Å². The standard InChI is InChI=1S/C20H13Cl2N3OS/c1-2-9-25(19(26)14-5-3-13(11-23)4-6-14)20-24-18(12-27-20)15-7-8-16(21)17(22)10-15/h2-8,10,12H,1,9H2. The Morgan fingerprint density at radius 2 is 1.96 bits per heavy atom. The minimum atomic E-state index is -0.213. The normalized spacial score (nSPS) is 10.3. The molecule has 134 valence electrons. The van der Waals surface area contributed by atoms with Crippen molar-refractivity contribution in [2.24, 2.45) is 0 Å². The number of benzene rings is 2. The van der Waals surface area contributed by atoms with E-state index in [2.05, 4.69) is 11.6 Å². The van der Waals surface area contributed by atoms with Crippen LogP contribution in [-0.2, 0) is 0 Å². The number of hydrogen-bond donors (Lipinski definition) is 0. The maximum Gasteiger partial charge on any atom is 0.260 e. The van der Waals surface area contributed by atoms with Crippen molar-refractivity contribution in [3.8, 4) is 17.3 Å². The van der Waals surface area contributed by atoms with Crippen LogP contribution in [0.15, 0.2) is 60.5 Å². The maximum atomic E-state index is 12.9. The molecule has 0 spiro atoms. The number of nitrogens with zero attached hydrogens (tertiary/aromatic N) is 3. The molecule has 0 bridgehead atoms. The quantitative estimate of drug-likeness (QED) is 0.494. The van der Waals surface area contributed by atoms with E-state index in [0.717, 1.165) is 5.56 Å². The summed E-state index contributed by atoms with van der Waals surface area (Å²) in [5.41, 5.74) is 2.49. The average Bonchev–Trinajstić information content (AvgIpc) is 3.17. The lowest BCUT2D eigenvalue weighted by Gasteiger charge is -2.18. The molecule has 0 aliphatic rings. The van der Waals surface area contributed by atoms with Crippen LogP contribution in [0.3, 0.4) is 0 Å². The molecule has 0 atom stereocenters. The Labute approximate surface area is 170 Å². The van der Waals surface area contributed by atoms with Gasteiger partial charge in [-0.05, 0) is 36.4 Å². The summed E-state index contributed by atoms with van der Waals surface area (Å²) >= 11 is 13.4. The fourth-order valence-electron chi connectivity index (χ4n) is 2.40. The second-order valence-electron chi connectivity index (χ2n) is 5.54. The van der Waals surface area contributed by atoms with Crippen LogP contribution in [0.25, 0.3) is 11.3 Å². The Balaban J connectivity index is 1.92. The first-order valence-electron chi connectivity index (χ1n) is 7.87. The molecular formula is C20H13Cl2N3OS. The molecule has 1 heterocycles. The Hall–Kier alpha value is -2.65. The van der Waals surface area contributed by atoms with E-state index < -0.39 is 0 Å². The number of amides is 1. The number of thiazole rings is 1. The molecule has 7 heteroatoms. The van der Waals surface area contributed by atoms with Crippen molar-refractivity contribution in [3.05, 3.63) is 81.7 Å². The van der Waals surface area contributed by atoms with E-state index in [-0.39, 0.29) is 5.91 Å². The fourth-order valence-corrected chi connectivity index (χ4v) is 3.54. The van der Waals surface area contributed by atoms with E-state index in [4.69, 9.17) is 28.5 Å². The molecular weight excluding hydrogens is 401 g/mol. The molecule has 3 aromatic rings. The second kappa shape index (κ2) is 8.36. The number of nitriles is 1. The lowest BCUT2D eigenvalue weighted by Crippen LogP contribution is -2.30. The van der Waals surface area contributed by atoms with Crippen LogP contribution in [0.5, 0.6) is 0 Å². The molecule has 3 rings (SSSR count). The number of anilines is 1.